The molecule has 2 aromatic rings. The van der Waals surface area contributed by atoms with Gasteiger partial charge in [-0.1, -0.05) is 11.2 Å². The Balaban J connectivity index is 1.93. The van der Waals surface area contributed by atoms with Crippen LogP contribution in [0.2, 0.25) is 0 Å². The molecule has 120 valence electrons. The van der Waals surface area contributed by atoms with Gasteiger partial charge in [0, 0.05) is 17.8 Å². The Bertz CT molecular complexity index is 759. The lowest BCUT2D eigenvalue weighted by Gasteiger charge is -2.30. The van der Waals surface area contributed by atoms with E-state index in [2.05, 4.69) is 5.16 Å². The van der Waals surface area contributed by atoms with Gasteiger partial charge < -0.3 is 14.5 Å². The minimum absolute atomic E-state index is 0.0668. The zero-order chi connectivity index (χ0) is 16.6. The van der Waals surface area contributed by atoms with Crippen molar-refractivity contribution in [3.63, 3.8) is 0 Å². The molecule has 1 N–H and O–H groups in total. The number of fused-ring (bicyclic) bond motifs is 1. The Labute approximate surface area is 133 Å². The first-order chi connectivity index (χ1) is 11.0. The molecule has 0 saturated carbocycles. The molecule has 6 nitrogen and oxygen atoms in total. The molecule has 0 spiro atoms. The van der Waals surface area contributed by atoms with Gasteiger partial charge in [0.25, 0.3) is 0 Å². The van der Waals surface area contributed by atoms with Crippen molar-refractivity contribution in [1.82, 2.24) is 5.16 Å². The van der Waals surface area contributed by atoms with E-state index in [4.69, 9.17) is 4.52 Å². The van der Waals surface area contributed by atoms with Crippen molar-refractivity contribution in [2.24, 2.45) is 0 Å². The molecular weight excluding hydrogens is 296 g/mol. The SMILES string of the molecule is Cc1noc(C)c1CC(=O)N1CCCc2c(C(=O)O)cccc21. The van der Waals surface area contributed by atoms with Crippen LogP contribution >= 0.6 is 0 Å². The first kappa shape index (κ1) is 15.3. The highest BCUT2D eigenvalue weighted by Gasteiger charge is 2.27. The van der Waals surface area contributed by atoms with E-state index >= 15 is 0 Å². The van der Waals surface area contributed by atoms with Crippen molar-refractivity contribution in [2.75, 3.05) is 11.4 Å². The molecule has 0 saturated heterocycles. The van der Waals surface area contributed by atoms with Crippen LogP contribution in [0.1, 0.15) is 39.4 Å². The Kier molecular flexibility index (Phi) is 3.90. The molecule has 0 aliphatic carbocycles. The number of carbonyl (C=O) groups is 2. The van der Waals surface area contributed by atoms with Crippen LogP contribution in [0.4, 0.5) is 5.69 Å². The van der Waals surface area contributed by atoms with Crippen molar-refractivity contribution in [3.8, 4) is 0 Å². The third-order valence-corrected chi connectivity index (χ3v) is 4.29. The molecular formula is C17H18N2O4. The molecule has 2 heterocycles. The summed E-state index contributed by atoms with van der Waals surface area (Å²) in [5.74, 6) is -0.378. The smallest absolute Gasteiger partial charge is 0.336 e. The topological polar surface area (TPSA) is 83.6 Å². The molecule has 0 atom stereocenters. The Morgan fingerprint density at radius 1 is 1.35 bits per heavy atom. The van der Waals surface area contributed by atoms with Gasteiger partial charge in [-0.15, -0.1) is 0 Å². The molecule has 3 rings (SSSR count). The summed E-state index contributed by atoms with van der Waals surface area (Å²) in [6.07, 6.45) is 1.63. The Morgan fingerprint density at radius 2 is 2.13 bits per heavy atom. The van der Waals surface area contributed by atoms with Crippen LogP contribution < -0.4 is 4.90 Å². The normalized spacial score (nSPS) is 13.7. The van der Waals surface area contributed by atoms with E-state index in [9.17, 15) is 14.7 Å². The van der Waals surface area contributed by atoms with Crippen LogP contribution in [-0.4, -0.2) is 28.7 Å². The van der Waals surface area contributed by atoms with E-state index in [0.29, 0.717) is 30.1 Å². The van der Waals surface area contributed by atoms with Crippen LogP contribution in [0.5, 0.6) is 0 Å². The summed E-state index contributed by atoms with van der Waals surface area (Å²) in [5.41, 5.74) is 3.23. The number of aromatic carboxylic acids is 1. The minimum Gasteiger partial charge on any atom is -0.478 e. The standard InChI is InChI=1S/C17H18N2O4/c1-10-14(11(2)23-18-10)9-16(20)19-8-4-6-12-13(17(21)22)5-3-7-15(12)19/h3,5,7H,4,6,8-9H2,1-2H3,(H,21,22). The fourth-order valence-electron chi connectivity index (χ4n) is 3.09. The molecule has 0 radical (unpaired) electrons. The second-order valence-corrected chi connectivity index (χ2v) is 5.74. The van der Waals surface area contributed by atoms with Crippen molar-refractivity contribution < 1.29 is 19.2 Å². The quantitative estimate of drug-likeness (QED) is 0.941. The van der Waals surface area contributed by atoms with E-state index in [-0.39, 0.29) is 17.9 Å². The summed E-state index contributed by atoms with van der Waals surface area (Å²) >= 11 is 0. The van der Waals surface area contributed by atoms with Crippen molar-refractivity contribution >= 4 is 17.6 Å². The fourth-order valence-corrected chi connectivity index (χ4v) is 3.09. The summed E-state index contributed by atoms with van der Waals surface area (Å²) in [5, 5.41) is 13.2. The van der Waals surface area contributed by atoms with Gasteiger partial charge in [-0.25, -0.2) is 4.79 Å². The maximum atomic E-state index is 12.7. The number of nitrogens with zero attached hydrogens (tertiary/aromatic N) is 2. The molecule has 1 aliphatic heterocycles. The lowest BCUT2D eigenvalue weighted by atomic mass is 9.95. The molecule has 0 fully saturated rings. The number of benzene rings is 1. The average molecular weight is 314 g/mol. The second kappa shape index (κ2) is 5.87. The van der Waals surface area contributed by atoms with Crippen LogP contribution in [0, 0.1) is 13.8 Å². The number of anilines is 1. The van der Waals surface area contributed by atoms with Gasteiger partial charge in [0.15, 0.2) is 0 Å². The summed E-state index contributed by atoms with van der Waals surface area (Å²) in [4.78, 5) is 25.8. The second-order valence-electron chi connectivity index (χ2n) is 5.74. The lowest BCUT2D eigenvalue weighted by molar-refractivity contribution is -0.118. The van der Waals surface area contributed by atoms with Crippen LogP contribution in [0.3, 0.4) is 0 Å². The number of hydrogen-bond donors (Lipinski definition) is 1. The lowest BCUT2D eigenvalue weighted by Crippen LogP contribution is -2.37. The third kappa shape index (κ3) is 2.72. The summed E-state index contributed by atoms with van der Waals surface area (Å²) < 4.78 is 5.11. The predicted octanol–water partition coefficient (Wildman–Crippen LogP) is 2.51. The highest BCUT2D eigenvalue weighted by atomic mass is 16.5. The highest BCUT2D eigenvalue weighted by Crippen LogP contribution is 2.30. The number of hydrogen-bond acceptors (Lipinski definition) is 4. The largest absolute Gasteiger partial charge is 0.478 e. The monoisotopic (exact) mass is 314 g/mol. The van der Waals surface area contributed by atoms with Gasteiger partial charge in [0.2, 0.25) is 5.91 Å². The molecule has 1 aromatic carbocycles. The minimum atomic E-state index is -0.957. The number of carbonyl (C=O) groups excluding carboxylic acids is 1. The van der Waals surface area contributed by atoms with Gasteiger partial charge in [0.1, 0.15) is 5.76 Å². The van der Waals surface area contributed by atoms with Crippen LogP contribution in [0.25, 0.3) is 0 Å². The molecule has 0 unspecified atom stereocenters. The highest BCUT2D eigenvalue weighted by molar-refractivity contribution is 5.99. The van der Waals surface area contributed by atoms with Gasteiger partial charge in [-0.3, -0.25) is 4.79 Å². The third-order valence-electron chi connectivity index (χ3n) is 4.29. The molecule has 23 heavy (non-hydrogen) atoms. The number of carboxylic acids is 1. The van der Waals surface area contributed by atoms with Gasteiger partial charge in [0.05, 0.1) is 17.7 Å². The van der Waals surface area contributed by atoms with Gasteiger partial charge >= 0.3 is 5.97 Å². The molecule has 1 aromatic heterocycles. The maximum absolute atomic E-state index is 12.7. The Hall–Kier alpha value is -2.63. The molecule has 1 aliphatic rings. The van der Waals surface area contributed by atoms with Crippen LogP contribution in [-0.2, 0) is 17.6 Å². The molecule has 6 heteroatoms. The predicted molar refractivity (Wildman–Crippen MR) is 83.8 cm³/mol. The molecule has 1 amide bonds. The summed E-state index contributed by atoms with van der Waals surface area (Å²) in [6.45, 7) is 4.19. The number of rotatable bonds is 3. The first-order valence-corrected chi connectivity index (χ1v) is 7.56. The summed E-state index contributed by atoms with van der Waals surface area (Å²) in [7, 11) is 0. The van der Waals surface area contributed by atoms with E-state index in [1.807, 2.05) is 13.0 Å². The summed E-state index contributed by atoms with van der Waals surface area (Å²) in [6, 6.07) is 5.08. The van der Waals surface area contributed by atoms with Gasteiger partial charge in [-0.05, 0) is 44.4 Å². The number of amides is 1. The fraction of sp³-hybridized carbons (Fsp3) is 0.353. The molecule has 0 bridgehead atoms. The van der Waals surface area contributed by atoms with E-state index in [1.165, 1.54) is 0 Å². The van der Waals surface area contributed by atoms with Crippen molar-refractivity contribution in [2.45, 2.75) is 33.1 Å². The zero-order valence-electron chi connectivity index (χ0n) is 13.1. The van der Waals surface area contributed by atoms with E-state index in [0.717, 1.165) is 17.5 Å². The van der Waals surface area contributed by atoms with Crippen LogP contribution in [0.15, 0.2) is 22.7 Å². The average Bonchev–Trinajstić information content (AvgIpc) is 2.85. The van der Waals surface area contributed by atoms with E-state index in [1.54, 1.807) is 24.0 Å². The van der Waals surface area contributed by atoms with E-state index < -0.39 is 5.97 Å². The van der Waals surface area contributed by atoms with Crippen molar-refractivity contribution in [3.05, 3.63) is 46.3 Å². The van der Waals surface area contributed by atoms with Gasteiger partial charge in [-0.2, -0.15) is 0 Å². The zero-order valence-corrected chi connectivity index (χ0v) is 13.1. The number of aryl methyl sites for hydroxylation is 2. The number of carboxylic acid groups (broad SMARTS) is 1. The maximum Gasteiger partial charge on any atom is 0.336 e. The first-order valence-electron chi connectivity index (χ1n) is 7.56. The number of aromatic nitrogens is 1. The Morgan fingerprint density at radius 3 is 2.78 bits per heavy atom. The van der Waals surface area contributed by atoms with Crippen molar-refractivity contribution in [1.29, 1.82) is 0 Å².